The number of nitrogens with zero attached hydrogens (tertiary/aromatic N) is 2. The second-order valence-corrected chi connectivity index (χ2v) is 22.4. The van der Waals surface area contributed by atoms with Gasteiger partial charge in [0.25, 0.3) is 0 Å². The maximum absolute atomic E-state index is 14.5. The van der Waals surface area contributed by atoms with E-state index in [0.717, 1.165) is 88.1 Å². The molecule has 5 aliphatic rings. The number of fused-ring (bicyclic) bond motifs is 7. The molecule has 0 amide bonds. The van der Waals surface area contributed by atoms with Crippen molar-refractivity contribution >= 4 is 29.3 Å². The number of carboxylic acids is 1. The topological polar surface area (TPSA) is 96.4 Å². The molecule has 0 aromatic heterocycles. The van der Waals surface area contributed by atoms with Crippen LogP contribution in [0.25, 0.3) is 0 Å². The van der Waals surface area contributed by atoms with Gasteiger partial charge in [-0.2, -0.15) is 0 Å². The number of benzene rings is 1. The summed E-state index contributed by atoms with van der Waals surface area (Å²) in [4.78, 5) is 44.3. The minimum absolute atomic E-state index is 0.0234. The number of likely N-dealkylation sites (N-methyl/N-ethyl adjacent to an activating group) is 1. The van der Waals surface area contributed by atoms with Gasteiger partial charge >= 0.3 is 11.9 Å². The Morgan fingerprint density at radius 2 is 1.59 bits per heavy atom. The molecule has 9 heteroatoms. The van der Waals surface area contributed by atoms with E-state index in [2.05, 4.69) is 84.5 Å². The van der Waals surface area contributed by atoms with Crippen molar-refractivity contribution in [1.82, 2.24) is 9.80 Å². The molecule has 0 radical (unpaired) electrons. The number of halogens is 1. The molecule has 1 N–H and O–H groups in total. The quantitative estimate of drug-likeness (QED) is 0.185. The third-order valence-corrected chi connectivity index (χ3v) is 17.6. The van der Waals surface area contributed by atoms with Crippen LogP contribution >= 0.6 is 11.6 Å². The van der Waals surface area contributed by atoms with E-state index in [4.69, 9.17) is 21.1 Å². The van der Waals surface area contributed by atoms with Crippen molar-refractivity contribution in [2.75, 3.05) is 40.8 Å². The molecule has 0 aliphatic heterocycles. The van der Waals surface area contributed by atoms with Crippen molar-refractivity contribution in [2.24, 2.45) is 56.2 Å². The summed E-state index contributed by atoms with van der Waals surface area (Å²) in [6, 6.07) is 8.18. The molecule has 0 heterocycles. The highest BCUT2D eigenvalue weighted by Crippen LogP contribution is 2.77. The maximum atomic E-state index is 14.5. The molecule has 4 saturated carbocycles. The number of esters is 1. The van der Waals surface area contributed by atoms with E-state index in [1.165, 1.54) is 11.1 Å². The standard InChI is InChI=1S/C49H75ClN2O6/c1-31(2)41-35(53)27-49(39(57-12)30-52(26-25-51(10)11)29-32-13-15-33(50)16-14-32)24-23-47(8)34(42(41)49)17-18-37-46(7)21-20-38(58-40(54)28-44(3,4)43(55)56)45(5,6)36(46)19-22-48(37,47)9/h13-16,31,34,36-39H,17-30H2,1-12H3,(H,55,56)/t34-,36+,37-,38+,39+,46+,47-,48-,49+/m1/s1. The number of rotatable bonds is 14. The minimum atomic E-state index is -1.16. The van der Waals surface area contributed by atoms with Crippen LogP contribution < -0.4 is 0 Å². The van der Waals surface area contributed by atoms with E-state index >= 15 is 0 Å². The first-order valence-corrected chi connectivity index (χ1v) is 22.7. The molecule has 4 fully saturated rings. The van der Waals surface area contributed by atoms with Crippen LogP contribution in [-0.2, 0) is 30.4 Å². The number of methoxy groups -OCH3 is 1. The van der Waals surface area contributed by atoms with Crippen LogP contribution in [0.4, 0.5) is 0 Å². The second-order valence-electron chi connectivity index (χ2n) is 21.9. The van der Waals surface area contributed by atoms with E-state index in [9.17, 15) is 19.5 Å². The Bertz CT molecular complexity index is 1750. The number of hydrogen-bond acceptors (Lipinski definition) is 7. The first kappa shape index (κ1) is 45.3. The SMILES string of the molecule is CO[C@@H](CN(CCN(C)C)Cc1ccc(Cl)cc1)[C@@]12CC[C@]3(C)[C@H](CC[C@@H]4[C@@]5(C)CC[C@H](OC(=O)CC(C)(C)C(=O)O)C(C)(C)[C@@H]5CC[C@]43C)C1=C(C(C)C)C(=O)C2. The fourth-order valence-corrected chi connectivity index (χ4v) is 14.2. The number of hydrogen-bond donors (Lipinski definition) is 1. The highest BCUT2D eigenvalue weighted by Gasteiger charge is 2.71. The van der Waals surface area contributed by atoms with Gasteiger partial charge in [0.05, 0.1) is 17.9 Å². The summed E-state index contributed by atoms with van der Waals surface area (Å²) < 4.78 is 12.9. The van der Waals surface area contributed by atoms with Crippen molar-refractivity contribution in [3.8, 4) is 0 Å². The van der Waals surface area contributed by atoms with Crippen LogP contribution in [0.15, 0.2) is 35.4 Å². The Hall–Kier alpha value is -2.26. The predicted molar refractivity (Wildman–Crippen MR) is 231 cm³/mol. The zero-order valence-electron chi connectivity index (χ0n) is 37.9. The Kier molecular flexibility index (Phi) is 12.7. The number of carbonyl (C=O) groups excluding carboxylic acids is 2. The predicted octanol–water partition coefficient (Wildman–Crippen LogP) is 10.1. The van der Waals surface area contributed by atoms with Crippen molar-refractivity contribution in [2.45, 2.75) is 145 Å². The molecule has 5 aliphatic carbocycles. The molecule has 9 atom stereocenters. The molecule has 0 spiro atoms. The van der Waals surface area contributed by atoms with Crippen LogP contribution in [0.2, 0.25) is 5.02 Å². The molecule has 8 nitrogen and oxygen atoms in total. The van der Waals surface area contributed by atoms with Gasteiger partial charge in [0.1, 0.15) is 6.10 Å². The molecule has 0 bridgehead atoms. The maximum Gasteiger partial charge on any atom is 0.309 e. The Morgan fingerprint density at radius 3 is 2.19 bits per heavy atom. The summed E-state index contributed by atoms with van der Waals surface area (Å²) >= 11 is 6.28. The lowest BCUT2D eigenvalue weighted by Crippen LogP contribution is -2.66. The van der Waals surface area contributed by atoms with Gasteiger partial charge in [-0.05, 0) is 142 Å². The van der Waals surface area contributed by atoms with Crippen molar-refractivity contribution in [1.29, 1.82) is 0 Å². The summed E-state index contributed by atoms with van der Waals surface area (Å²) in [7, 11) is 6.12. The summed E-state index contributed by atoms with van der Waals surface area (Å²) in [5, 5.41) is 10.4. The van der Waals surface area contributed by atoms with Gasteiger partial charge < -0.3 is 19.5 Å². The fraction of sp³-hybridized carbons (Fsp3) is 0.776. The molecule has 0 unspecified atom stereocenters. The Morgan fingerprint density at radius 1 is 0.914 bits per heavy atom. The summed E-state index contributed by atoms with van der Waals surface area (Å²) in [5.74, 6) is 0.300. The van der Waals surface area contributed by atoms with Crippen molar-refractivity contribution in [3.05, 3.63) is 46.0 Å². The van der Waals surface area contributed by atoms with E-state index in [-0.39, 0.29) is 51.6 Å². The number of allylic oxidation sites excluding steroid dienone is 1. The van der Waals surface area contributed by atoms with Crippen LogP contribution in [-0.4, -0.2) is 85.7 Å². The van der Waals surface area contributed by atoms with Crippen LogP contribution in [0.3, 0.4) is 0 Å². The van der Waals surface area contributed by atoms with Gasteiger partial charge in [0, 0.05) is 55.6 Å². The number of aliphatic carboxylic acids is 1. The van der Waals surface area contributed by atoms with Crippen LogP contribution in [0.1, 0.15) is 132 Å². The summed E-state index contributed by atoms with van der Waals surface area (Å²) in [6.45, 7) is 23.4. The molecule has 324 valence electrons. The average Bonchev–Trinajstić information content (AvgIpc) is 3.44. The third kappa shape index (κ3) is 7.65. The Balaban J connectivity index is 1.30. The number of ketones is 1. The monoisotopic (exact) mass is 823 g/mol. The van der Waals surface area contributed by atoms with E-state index < -0.39 is 17.4 Å². The second kappa shape index (κ2) is 16.2. The lowest BCUT2D eigenvalue weighted by Gasteiger charge is -2.72. The molecule has 1 aromatic rings. The van der Waals surface area contributed by atoms with Gasteiger partial charge in [0.2, 0.25) is 0 Å². The number of Topliss-reactive ketones (excluding diaryl/α,β-unsaturated/α-hetero) is 1. The van der Waals surface area contributed by atoms with Gasteiger partial charge in [-0.25, -0.2) is 0 Å². The zero-order chi connectivity index (χ0) is 42.8. The normalized spacial score (nSPS) is 35.1. The fourth-order valence-electron chi connectivity index (χ4n) is 14.0. The largest absolute Gasteiger partial charge is 0.481 e. The molecular weight excluding hydrogens is 748 g/mol. The Labute approximate surface area is 355 Å². The third-order valence-electron chi connectivity index (χ3n) is 17.4. The molecule has 0 saturated heterocycles. The lowest BCUT2D eigenvalue weighted by atomic mass is 9.33. The highest BCUT2D eigenvalue weighted by atomic mass is 35.5. The van der Waals surface area contributed by atoms with Gasteiger partial charge in [-0.3, -0.25) is 19.3 Å². The number of ether oxygens (including phenoxy) is 2. The number of carbonyl (C=O) groups is 3. The highest BCUT2D eigenvalue weighted by molar-refractivity contribution is 6.30. The van der Waals surface area contributed by atoms with Crippen molar-refractivity contribution in [3.63, 3.8) is 0 Å². The van der Waals surface area contributed by atoms with Crippen LogP contribution in [0.5, 0.6) is 0 Å². The van der Waals surface area contributed by atoms with Gasteiger partial charge in [0.15, 0.2) is 5.78 Å². The summed E-state index contributed by atoms with van der Waals surface area (Å²) in [5.41, 5.74) is 2.21. The lowest BCUT2D eigenvalue weighted by molar-refractivity contribution is -0.235. The molecule has 1 aromatic carbocycles. The minimum Gasteiger partial charge on any atom is -0.481 e. The van der Waals surface area contributed by atoms with E-state index in [0.29, 0.717) is 30.0 Å². The average molecular weight is 824 g/mol. The zero-order valence-corrected chi connectivity index (χ0v) is 38.7. The molecule has 6 rings (SSSR count). The van der Waals surface area contributed by atoms with Crippen molar-refractivity contribution < 1.29 is 29.0 Å². The van der Waals surface area contributed by atoms with Gasteiger partial charge in [-0.1, -0.05) is 77.8 Å². The molecule has 58 heavy (non-hydrogen) atoms. The van der Waals surface area contributed by atoms with Crippen LogP contribution in [0, 0.1) is 56.2 Å². The first-order valence-electron chi connectivity index (χ1n) is 22.3. The van der Waals surface area contributed by atoms with E-state index in [1.807, 2.05) is 19.2 Å². The smallest absolute Gasteiger partial charge is 0.309 e. The molecular formula is C49H75ClN2O6. The number of carboxylic acid groups (broad SMARTS) is 1. The first-order chi connectivity index (χ1) is 27.0. The van der Waals surface area contributed by atoms with Gasteiger partial charge in [-0.15, -0.1) is 0 Å². The summed E-state index contributed by atoms with van der Waals surface area (Å²) in [6.07, 6.45) is 8.27. The van der Waals surface area contributed by atoms with E-state index in [1.54, 1.807) is 13.8 Å².